The SMILES string of the molecule is CC(=O)Nc1ccc2nc(F)[nH]c2c1. The third-order valence-corrected chi connectivity index (χ3v) is 1.77. The zero-order chi connectivity index (χ0) is 10.1. The van der Waals surface area contributed by atoms with Crippen LogP contribution in [0.3, 0.4) is 0 Å². The number of nitrogens with one attached hydrogen (secondary N) is 2. The Balaban J connectivity index is 2.45. The lowest BCUT2D eigenvalue weighted by Crippen LogP contribution is -2.05. The van der Waals surface area contributed by atoms with Gasteiger partial charge >= 0.3 is 0 Å². The van der Waals surface area contributed by atoms with Gasteiger partial charge in [0.2, 0.25) is 5.91 Å². The Morgan fingerprint density at radius 2 is 2.36 bits per heavy atom. The van der Waals surface area contributed by atoms with Crippen LogP contribution in [0.2, 0.25) is 0 Å². The molecular weight excluding hydrogens is 185 g/mol. The first-order valence-electron chi connectivity index (χ1n) is 4.08. The number of carbonyl (C=O) groups excluding carboxylic acids is 1. The normalized spacial score (nSPS) is 10.4. The van der Waals surface area contributed by atoms with Gasteiger partial charge in [-0.15, -0.1) is 0 Å². The summed E-state index contributed by atoms with van der Waals surface area (Å²) in [5.41, 5.74) is 1.72. The molecule has 0 aliphatic rings. The lowest BCUT2D eigenvalue weighted by atomic mass is 10.3. The van der Waals surface area contributed by atoms with Gasteiger partial charge in [-0.05, 0) is 18.2 Å². The average molecular weight is 193 g/mol. The number of fused-ring (bicyclic) bond motifs is 1. The van der Waals surface area contributed by atoms with E-state index in [0.717, 1.165) is 0 Å². The van der Waals surface area contributed by atoms with Gasteiger partial charge in [0.15, 0.2) is 0 Å². The summed E-state index contributed by atoms with van der Waals surface area (Å²) in [6.07, 6.45) is -0.625. The predicted molar refractivity (Wildman–Crippen MR) is 50.4 cm³/mol. The number of benzene rings is 1. The van der Waals surface area contributed by atoms with E-state index >= 15 is 0 Å². The summed E-state index contributed by atoms with van der Waals surface area (Å²) in [4.78, 5) is 16.8. The van der Waals surface area contributed by atoms with Gasteiger partial charge in [-0.25, -0.2) is 4.98 Å². The van der Waals surface area contributed by atoms with Crippen molar-refractivity contribution in [3.8, 4) is 0 Å². The number of hydrogen-bond donors (Lipinski definition) is 2. The van der Waals surface area contributed by atoms with E-state index in [0.29, 0.717) is 16.7 Å². The molecule has 1 heterocycles. The monoisotopic (exact) mass is 193 g/mol. The fraction of sp³-hybridized carbons (Fsp3) is 0.111. The zero-order valence-electron chi connectivity index (χ0n) is 7.47. The van der Waals surface area contributed by atoms with Crippen LogP contribution in [0.15, 0.2) is 18.2 Å². The van der Waals surface area contributed by atoms with E-state index in [-0.39, 0.29) is 5.91 Å². The van der Waals surface area contributed by atoms with Crippen LogP contribution < -0.4 is 5.32 Å². The number of amides is 1. The molecule has 0 saturated heterocycles. The summed E-state index contributed by atoms with van der Waals surface area (Å²) < 4.78 is 12.7. The Morgan fingerprint density at radius 1 is 1.57 bits per heavy atom. The molecule has 0 radical (unpaired) electrons. The number of aromatic nitrogens is 2. The lowest BCUT2D eigenvalue weighted by molar-refractivity contribution is -0.114. The second-order valence-corrected chi connectivity index (χ2v) is 2.94. The van der Waals surface area contributed by atoms with Crippen molar-refractivity contribution in [2.75, 3.05) is 5.32 Å². The van der Waals surface area contributed by atoms with E-state index in [4.69, 9.17) is 0 Å². The van der Waals surface area contributed by atoms with E-state index < -0.39 is 6.08 Å². The Morgan fingerprint density at radius 3 is 3.07 bits per heavy atom. The average Bonchev–Trinajstić information content (AvgIpc) is 2.42. The molecule has 2 aromatic rings. The predicted octanol–water partition coefficient (Wildman–Crippen LogP) is 1.66. The van der Waals surface area contributed by atoms with Gasteiger partial charge < -0.3 is 10.3 Å². The second-order valence-electron chi connectivity index (χ2n) is 2.94. The van der Waals surface area contributed by atoms with Gasteiger partial charge in [-0.1, -0.05) is 0 Å². The number of rotatable bonds is 1. The number of carbonyl (C=O) groups is 1. The molecule has 0 atom stereocenters. The third kappa shape index (κ3) is 1.56. The Labute approximate surface area is 79.1 Å². The van der Waals surface area contributed by atoms with Gasteiger partial charge in [0.05, 0.1) is 11.0 Å². The van der Waals surface area contributed by atoms with E-state index in [1.807, 2.05) is 0 Å². The first-order valence-corrected chi connectivity index (χ1v) is 4.08. The standard InChI is InChI=1S/C9H8FN3O/c1-5(14)11-6-2-3-7-8(4-6)13-9(10)12-7/h2-4H,1H3,(H,11,14)(H,12,13). The summed E-state index contributed by atoms with van der Waals surface area (Å²) in [6, 6.07) is 4.94. The van der Waals surface area contributed by atoms with Gasteiger partial charge in [-0.2, -0.15) is 4.39 Å². The van der Waals surface area contributed by atoms with Crippen LogP contribution in [0.4, 0.5) is 10.1 Å². The second kappa shape index (κ2) is 3.10. The molecule has 0 saturated carbocycles. The molecule has 0 spiro atoms. The van der Waals surface area contributed by atoms with E-state index in [2.05, 4.69) is 15.3 Å². The maximum atomic E-state index is 12.7. The molecule has 72 valence electrons. The smallest absolute Gasteiger partial charge is 0.287 e. The highest BCUT2D eigenvalue weighted by Crippen LogP contribution is 2.16. The van der Waals surface area contributed by atoms with E-state index in [1.165, 1.54) is 6.92 Å². The van der Waals surface area contributed by atoms with Crippen LogP contribution >= 0.6 is 0 Å². The van der Waals surface area contributed by atoms with Gasteiger partial charge in [0.1, 0.15) is 0 Å². The molecule has 4 nitrogen and oxygen atoms in total. The fourth-order valence-corrected chi connectivity index (χ4v) is 1.26. The number of halogens is 1. The van der Waals surface area contributed by atoms with Crippen molar-refractivity contribution < 1.29 is 9.18 Å². The maximum absolute atomic E-state index is 12.7. The number of nitrogens with zero attached hydrogens (tertiary/aromatic N) is 1. The number of H-pyrrole nitrogens is 1. The molecule has 2 N–H and O–H groups in total. The van der Waals surface area contributed by atoms with Crippen molar-refractivity contribution in [3.63, 3.8) is 0 Å². The number of aromatic amines is 1. The van der Waals surface area contributed by atoms with Gasteiger partial charge in [-0.3, -0.25) is 4.79 Å². The van der Waals surface area contributed by atoms with E-state index in [1.54, 1.807) is 18.2 Å². The highest BCUT2D eigenvalue weighted by molar-refractivity contribution is 5.91. The minimum Gasteiger partial charge on any atom is -0.326 e. The minimum absolute atomic E-state index is 0.163. The summed E-state index contributed by atoms with van der Waals surface area (Å²) in [5, 5.41) is 2.60. The number of hydrogen-bond acceptors (Lipinski definition) is 2. The Kier molecular flexibility index (Phi) is 1.92. The molecule has 5 heteroatoms. The Bertz CT molecular complexity index is 492. The molecule has 0 fully saturated rings. The first-order chi connectivity index (χ1) is 6.65. The molecule has 1 amide bonds. The molecule has 0 bridgehead atoms. The number of anilines is 1. The summed E-state index contributed by atoms with van der Waals surface area (Å²) in [6.45, 7) is 1.41. The van der Waals surface area contributed by atoms with Crippen LogP contribution in [-0.2, 0) is 4.79 Å². The fourth-order valence-electron chi connectivity index (χ4n) is 1.26. The number of imidazole rings is 1. The van der Waals surface area contributed by atoms with Gasteiger partial charge in [0.25, 0.3) is 6.08 Å². The Hall–Kier alpha value is -1.91. The lowest BCUT2D eigenvalue weighted by Gasteiger charge is -2.00. The quantitative estimate of drug-likeness (QED) is 0.723. The molecule has 14 heavy (non-hydrogen) atoms. The van der Waals surface area contributed by atoms with E-state index in [9.17, 15) is 9.18 Å². The molecule has 0 unspecified atom stereocenters. The molecular formula is C9H8FN3O. The van der Waals surface area contributed by atoms with Crippen molar-refractivity contribution in [3.05, 3.63) is 24.3 Å². The highest BCUT2D eigenvalue weighted by atomic mass is 19.1. The van der Waals surface area contributed by atoms with Crippen LogP contribution in [0, 0.1) is 6.08 Å². The van der Waals surface area contributed by atoms with Crippen molar-refractivity contribution >= 4 is 22.6 Å². The first kappa shape index (κ1) is 8.68. The van der Waals surface area contributed by atoms with Crippen LogP contribution in [-0.4, -0.2) is 15.9 Å². The minimum atomic E-state index is -0.625. The van der Waals surface area contributed by atoms with Crippen molar-refractivity contribution in [2.24, 2.45) is 0 Å². The largest absolute Gasteiger partial charge is 0.326 e. The third-order valence-electron chi connectivity index (χ3n) is 1.77. The summed E-state index contributed by atoms with van der Waals surface area (Å²) >= 11 is 0. The van der Waals surface area contributed by atoms with Crippen LogP contribution in [0.5, 0.6) is 0 Å². The molecule has 0 aliphatic heterocycles. The zero-order valence-corrected chi connectivity index (χ0v) is 7.47. The maximum Gasteiger partial charge on any atom is 0.287 e. The molecule has 2 rings (SSSR count). The summed E-state index contributed by atoms with van der Waals surface area (Å²) in [7, 11) is 0. The van der Waals surface area contributed by atoms with Crippen LogP contribution in [0.25, 0.3) is 11.0 Å². The topological polar surface area (TPSA) is 57.8 Å². The summed E-state index contributed by atoms with van der Waals surface area (Å²) in [5.74, 6) is -0.163. The van der Waals surface area contributed by atoms with Crippen LogP contribution in [0.1, 0.15) is 6.92 Å². The van der Waals surface area contributed by atoms with Gasteiger partial charge in [0, 0.05) is 12.6 Å². The highest BCUT2D eigenvalue weighted by Gasteiger charge is 2.02. The molecule has 1 aromatic carbocycles. The molecule has 0 aliphatic carbocycles. The molecule has 1 aromatic heterocycles. The van der Waals surface area contributed by atoms with Crippen molar-refractivity contribution in [1.29, 1.82) is 0 Å². The van der Waals surface area contributed by atoms with Crippen molar-refractivity contribution in [1.82, 2.24) is 9.97 Å². The van der Waals surface area contributed by atoms with Crippen molar-refractivity contribution in [2.45, 2.75) is 6.92 Å².